The Kier molecular flexibility index (Phi) is 5.99. The Hall–Kier alpha value is -2.08. The molecule has 20 heavy (non-hydrogen) atoms. The molecule has 1 rings (SSSR count). The Morgan fingerprint density at radius 1 is 1.30 bits per heavy atom. The third kappa shape index (κ3) is 5.71. The fraction of sp³-hybridized carbons (Fsp3) is 0.429. The Balaban J connectivity index is 2.52. The number of amides is 1. The molecule has 6 heteroatoms. The number of benzene rings is 1. The summed E-state index contributed by atoms with van der Waals surface area (Å²) in [7, 11) is 0. The van der Waals surface area contributed by atoms with Gasteiger partial charge >= 0.3 is 5.97 Å². The maximum atomic E-state index is 11.8. The largest absolute Gasteiger partial charge is 0.482 e. The molecular weight excluding hydrogens is 260 g/mol. The van der Waals surface area contributed by atoms with Gasteiger partial charge in [0.05, 0.1) is 6.04 Å². The summed E-state index contributed by atoms with van der Waals surface area (Å²) in [5.74, 6) is -0.501. The van der Waals surface area contributed by atoms with Gasteiger partial charge in [-0.2, -0.15) is 0 Å². The molecule has 1 amide bonds. The standard InChI is InChI=1S/C14H20N2O4/c1-9(2)7-12(15)14(19)16-10-3-5-11(6-4-10)20-8-13(17)18/h3-6,9,12H,7-8,15H2,1-2H3,(H,16,19)(H,17,18)/t12-/m1/s1. The summed E-state index contributed by atoms with van der Waals surface area (Å²) in [6.45, 7) is 3.61. The number of carboxylic acids is 1. The highest BCUT2D eigenvalue weighted by Gasteiger charge is 2.14. The molecule has 6 nitrogen and oxygen atoms in total. The zero-order valence-electron chi connectivity index (χ0n) is 11.6. The van der Waals surface area contributed by atoms with Crippen LogP contribution in [0.3, 0.4) is 0 Å². The van der Waals surface area contributed by atoms with Crippen molar-refractivity contribution in [2.75, 3.05) is 11.9 Å². The van der Waals surface area contributed by atoms with Crippen LogP contribution in [-0.2, 0) is 9.59 Å². The van der Waals surface area contributed by atoms with E-state index >= 15 is 0 Å². The zero-order valence-corrected chi connectivity index (χ0v) is 11.6. The zero-order chi connectivity index (χ0) is 15.1. The number of nitrogens with two attached hydrogens (primary N) is 1. The Morgan fingerprint density at radius 3 is 2.40 bits per heavy atom. The monoisotopic (exact) mass is 280 g/mol. The van der Waals surface area contributed by atoms with Crippen molar-refractivity contribution in [1.29, 1.82) is 0 Å². The first-order valence-corrected chi connectivity index (χ1v) is 6.39. The normalized spacial score (nSPS) is 12.0. The van der Waals surface area contributed by atoms with Crippen LogP contribution in [0.2, 0.25) is 0 Å². The molecule has 1 aromatic carbocycles. The Bertz CT molecular complexity index is 457. The highest BCUT2D eigenvalue weighted by atomic mass is 16.5. The number of rotatable bonds is 7. The lowest BCUT2D eigenvalue weighted by atomic mass is 10.0. The van der Waals surface area contributed by atoms with E-state index in [4.69, 9.17) is 15.6 Å². The predicted octanol–water partition coefficient (Wildman–Crippen LogP) is 1.46. The summed E-state index contributed by atoms with van der Waals surface area (Å²) in [5.41, 5.74) is 6.37. The average molecular weight is 280 g/mol. The summed E-state index contributed by atoms with van der Waals surface area (Å²) in [6.07, 6.45) is 0.617. The van der Waals surface area contributed by atoms with Crippen LogP contribution in [0, 0.1) is 5.92 Å². The first-order valence-electron chi connectivity index (χ1n) is 6.39. The van der Waals surface area contributed by atoms with E-state index in [2.05, 4.69) is 5.32 Å². The number of hydrogen-bond donors (Lipinski definition) is 3. The van der Waals surface area contributed by atoms with Crippen molar-refractivity contribution in [2.24, 2.45) is 11.7 Å². The van der Waals surface area contributed by atoms with E-state index in [-0.39, 0.29) is 5.91 Å². The first kappa shape index (κ1) is 16.0. The Labute approximate surface area is 117 Å². The maximum Gasteiger partial charge on any atom is 0.341 e. The van der Waals surface area contributed by atoms with Gasteiger partial charge in [-0.1, -0.05) is 13.8 Å². The highest BCUT2D eigenvalue weighted by Crippen LogP contribution is 2.16. The molecule has 0 aliphatic carbocycles. The van der Waals surface area contributed by atoms with Crippen LogP contribution >= 0.6 is 0 Å². The molecule has 1 atom stereocenters. The van der Waals surface area contributed by atoms with Gasteiger partial charge in [0.1, 0.15) is 5.75 Å². The van der Waals surface area contributed by atoms with Gasteiger partial charge in [0.15, 0.2) is 6.61 Å². The molecule has 0 spiro atoms. The number of nitrogens with one attached hydrogen (secondary N) is 1. The summed E-state index contributed by atoms with van der Waals surface area (Å²) in [6, 6.07) is 5.91. The van der Waals surface area contributed by atoms with Gasteiger partial charge in [-0.05, 0) is 36.6 Å². The fourth-order valence-corrected chi connectivity index (χ4v) is 1.63. The number of carbonyl (C=O) groups excluding carboxylic acids is 1. The van der Waals surface area contributed by atoms with Crippen molar-refractivity contribution in [1.82, 2.24) is 0 Å². The van der Waals surface area contributed by atoms with Gasteiger partial charge in [-0.15, -0.1) is 0 Å². The molecule has 110 valence electrons. The van der Waals surface area contributed by atoms with Gasteiger partial charge in [-0.25, -0.2) is 4.79 Å². The van der Waals surface area contributed by atoms with E-state index in [0.29, 0.717) is 23.8 Å². The third-order valence-electron chi connectivity index (χ3n) is 2.55. The van der Waals surface area contributed by atoms with Gasteiger partial charge in [0.2, 0.25) is 5.91 Å². The van der Waals surface area contributed by atoms with E-state index in [1.165, 1.54) is 0 Å². The second-order valence-corrected chi connectivity index (χ2v) is 4.93. The second-order valence-electron chi connectivity index (χ2n) is 4.93. The Morgan fingerprint density at radius 2 is 1.90 bits per heavy atom. The third-order valence-corrected chi connectivity index (χ3v) is 2.55. The summed E-state index contributed by atoms with van der Waals surface area (Å²) >= 11 is 0. The summed E-state index contributed by atoms with van der Waals surface area (Å²) < 4.78 is 4.99. The van der Waals surface area contributed by atoms with Gasteiger partial charge in [0, 0.05) is 5.69 Å². The van der Waals surface area contributed by atoms with Crippen molar-refractivity contribution in [3.63, 3.8) is 0 Å². The van der Waals surface area contributed by atoms with Crippen LogP contribution in [0.1, 0.15) is 20.3 Å². The first-order chi connectivity index (χ1) is 9.38. The molecule has 0 fully saturated rings. The lowest BCUT2D eigenvalue weighted by Crippen LogP contribution is -2.36. The smallest absolute Gasteiger partial charge is 0.341 e. The van der Waals surface area contributed by atoms with Crippen molar-refractivity contribution < 1.29 is 19.4 Å². The van der Waals surface area contributed by atoms with E-state index in [9.17, 15) is 9.59 Å². The molecule has 0 aliphatic rings. The number of carboxylic acid groups (broad SMARTS) is 1. The molecule has 0 radical (unpaired) electrons. The van der Waals surface area contributed by atoms with E-state index in [1.807, 2.05) is 13.8 Å². The number of hydrogen-bond acceptors (Lipinski definition) is 4. The van der Waals surface area contributed by atoms with Crippen molar-refractivity contribution in [2.45, 2.75) is 26.3 Å². The molecule has 4 N–H and O–H groups in total. The van der Waals surface area contributed by atoms with E-state index in [0.717, 1.165) is 0 Å². The van der Waals surface area contributed by atoms with Crippen molar-refractivity contribution in [3.05, 3.63) is 24.3 Å². The molecule has 0 saturated heterocycles. The quantitative estimate of drug-likeness (QED) is 0.702. The molecule has 1 aromatic rings. The molecule has 0 unspecified atom stereocenters. The van der Waals surface area contributed by atoms with E-state index in [1.54, 1.807) is 24.3 Å². The predicted molar refractivity (Wildman–Crippen MR) is 75.6 cm³/mol. The summed E-state index contributed by atoms with van der Waals surface area (Å²) in [4.78, 5) is 22.2. The molecule has 0 aromatic heterocycles. The van der Waals surface area contributed by atoms with E-state index < -0.39 is 18.6 Å². The number of ether oxygens (including phenoxy) is 1. The maximum absolute atomic E-state index is 11.8. The van der Waals surface area contributed by atoms with Crippen LogP contribution in [0.15, 0.2) is 24.3 Å². The van der Waals surface area contributed by atoms with Crippen LogP contribution in [0.4, 0.5) is 5.69 Å². The molecule has 0 saturated carbocycles. The van der Waals surface area contributed by atoms with Crippen LogP contribution < -0.4 is 15.8 Å². The van der Waals surface area contributed by atoms with Crippen molar-refractivity contribution >= 4 is 17.6 Å². The average Bonchev–Trinajstić information content (AvgIpc) is 2.37. The minimum Gasteiger partial charge on any atom is -0.482 e. The molecule has 0 heterocycles. The SMILES string of the molecule is CC(C)C[C@@H](N)C(=O)Nc1ccc(OCC(=O)O)cc1. The number of anilines is 1. The van der Waals surface area contributed by atoms with Gasteiger partial charge < -0.3 is 20.9 Å². The van der Waals surface area contributed by atoms with Crippen LogP contribution in [0.5, 0.6) is 5.75 Å². The molecular formula is C14H20N2O4. The lowest BCUT2D eigenvalue weighted by Gasteiger charge is -2.14. The lowest BCUT2D eigenvalue weighted by molar-refractivity contribution is -0.139. The van der Waals surface area contributed by atoms with Gasteiger partial charge in [-0.3, -0.25) is 4.79 Å². The topological polar surface area (TPSA) is 102 Å². The molecule has 0 aliphatic heterocycles. The van der Waals surface area contributed by atoms with Crippen molar-refractivity contribution in [3.8, 4) is 5.75 Å². The molecule has 0 bridgehead atoms. The second kappa shape index (κ2) is 7.49. The van der Waals surface area contributed by atoms with Crippen LogP contribution in [-0.4, -0.2) is 29.6 Å². The summed E-state index contributed by atoms with van der Waals surface area (Å²) in [5, 5.41) is 11.2. The number of carbonyl (C=O) groups is 2. The fourth-order valence-electron chi connectivity index (χ4n) is 1.63. The van der Waals surface area contributed by atoms with Crippen LogP contribution in [0.25, 0.3) is 0 Å². The minimum absolute atomic E-state index is 0.238. The highest BCUT2D eigenvalue weighted by molar-refractivity contribution is 5.94. The van der Waals surface area contributed by atoms with Gasteiger partial charge in [0.25, 0.3) is 0 Å². The number of aliphatic carboxylic acids is 1. The minimum atomic E-state index is -1.04.